The van der Waals surface area contributed by atoms with E-state index in [4.69, 9.17) is 18.9 Å². The van der Waals surface area contributed by atoms with Gasteiger partial charge in [-0.05, 0) is 63.8 Å². The second-order valence-corrected chi connectivity index (χ2v) is 15.1. The van der Waals surface area contributed by atoms with Crippen molar-refractivity contribution in [2.24, 2.45) is 11.8 Å². The lowest BCUT2D eigenvalue weighted by molar-refractivity contribution is -0.157. The molecule has 10 nitrogen and oxygen atoms in total. The van der Waals surface area contributed by atoms with Gasteiger partial charge in [0.1, 0.15) is 29.7 Å². The van der Waals surface area contributed by atoms with E-state index >= 15 is 0 Å². The van der Waals surface area contributed by atoms with Crippen LogP contribution in [-0.4, -0.2) is 88.2 Å². The number of hydrogen-bond donors (Lipinski definition) is 4. The first kappa shape index (κ1) is 42.0. The number of aliphatic hydroxyl groups excluding tert-OH is 1. The Hall–Kier alpha value is -2.45. The number of cyclic esters (lactones) is 1. The third-order valence-electron chi connectivity index (χ3n) is 9.72. The van der Waals surface area contributed by atoms with Gasteiger partial charge in [0.15, 0.2) is 0 Å². The van der Waals surface area contributed by atoms with Gasteiger partial charge in [-0.15, -0.1) is 0 Å². The lowest BCUT2D eigenvalue weighted by atomic mass is 9.87. The molecule has 2 aliphatic rings. The molecule has 0 radical (unpaired) electrons. The second-order valence-electron chi connectivity index (χ2n) is 14.1. The van der Waals surface area contributed by atoms with Gasteiger partial charge in [0, 0.05) is 42.5 Å². The predicted octanol–water partition coefficient (Wildman–Crippen LogP) is 5.46. The molecule has 280 valence electrons. The maximum atomic E-state index is 14.7. The number of carbonyl (C=O) groups excluding carboxylic acids is 2. The molecule has 3 rings (SSSR count). The highest BCUT2D eigenvalue weighted by Crippen LogP contribution is 2.39. The van der Waals surface area contributed by atoms with Gasteiger partial charge in [0.05, 0.1) is 36.4 Å². The molecular weight excluding hydrogens is 713 g/mol. The van der Waals surface area contributed by atoms with Crippen molar-refractivity contribution >= 4 is 27.9 Å². The molecule has 0 aliphatic carbocycles. The van der Waals surface area contributed by atoms with Crippen molar-refractivity contribution in [1.82, 2.24) is 5.32 Å². The number of aliphatic hydroxyl groups is 3. The van der Waals surface area contributed by atoms with Crippen LogP contribution in [0.3, 0.4) is 0 Å². The van der Waals surface area contributed by atoms with Gasteiger partial charge in [0.25, 0.3) is 0 Å². The fourth-order valence-electron chi connectivity index (χ4n) is 6.56. The summed E-state index contributed by atoms with van der Waals surface area (Å²) in [5.74, 6) is -1.90. The Morgan fingerprint density at radius 2 is 1.98 bits per heavy atom. The van der Waals surface area contributed by atoms with Crippen LogP contribution >= 0.6 is 15.9 Å². The molecule has 1 saturated heterocycles. The molecule has 1 aromatic rings. The zero-order valence-electron chi connectivity index (χ0n) is 30.4. The number of methoxy groups -OCH3 is 1. The number of allylic oxidation sites excluding steroid dienone is 2. The van der Waals surface area contributed by atoms with E-state index in [9.17, 15) is 29.3 Å². The molecule has 1 fully saturated rings. The van der Waals surface area contributed by atoms with Crippen molar-refractivity contribution in [2.75, 3.05) is 7.11 Å². The lowest BCUT2D eigenvalue weighted by Crippen LogP contribution is -2.52. The normalized spacial score (nSPS) is 31.8. The summed E-state index contributed by atoms with van der Waals surface area (Å²) in [6.07, 6.45) is 5.68. The van der Waals surface area contributed by atoms with Crippen molar-refractivity contribution in [3.8, 4) is 0 Å². The summed E-state index contributed by atoms with van der Waals surface area (Å²) in [5, 5.41) is 36.8. The number of benzene rings is 1. The van der Waals surface area contributed by atoms with Crippen LogP contribution < -0.4 is 5.32 Å². The Morgan fingerprint density at radius 1 is 1.28 bits per heavy atom. The average molecular weight is 769 g/mol. The van der Waals surface area contributed by atoms with Gasteiger partial charge in [-0.3, -0.25) is 9.59 Å². The van der Waals surface area contributed by atoms with Crippen LogP contribution in [0.2, 0.25) is 0 Å². The number of hydrogen-bond acceptors (Lipinski definition) is 10. The number of carbonyl (C=O) groups is 2. The van der Waals surface area contributed by atoms with Gasteiger partial charge >= 0.3 is 11.9 Å². The van der Waals surface area contributed by atoms with Crippen LogP contribution in [0.5, 0.6) is 0 Å². The Morgan fingerprint density at radius 3 is 2.60 bits per heavy atom. The number of esters is 2. The Kier molecular flexibility index (Phi) is 15.4. The third kappa shape index (κ3) is 11.8. The van der Waals surface area contributed by atoms with E-state index in [0.717, 1.165) is 6.42 Å². The highest BCUT2D eigenvalue weighted by molar-refractivity contribution is 9.10. The molecule has 0 aromatic heterocycles. The van der Waals surface area contributed by atoms with E-state index in [2.05, 4.69) is 28.2 Å². The molecule has 2 unspecified atom stereocenters. The first-order valence-corrected chi connectivity index (χ1v) is 18.1. The average Bonchev–Trinajstić information content (AvgIpc) is 3.82. The van der Waals surface area contributed by atoms with E-state index in [1.165, 1.54) is 19.9 Å². The van der Waals surface area contributed by atoms with E-state index in [1.807, 2.05) is 13.8 Å². The standard InChI is InChI=1S/C38H55BrFNO9/c1-9-30(47-8)24(4)34-35(50-34)36(41-21-26-13-14-27(39)19-29(26)40)38(7,46)17-10-11-22(2)33-23(3)12-15-31(48-25(5)42)37(6,45)18-16-28(43)20-32(44)49-33/h10-15,17,19,23-24,28,30-31,33-36,41,43,45-46H,9,16,18,20-21H2,1-8H3/b15-12+,17-10+,22-11+/t23-,24+,28+,30-,31-,33-,34+,35-,36?,37+,38?/m0/s1. The van der Waals surface area contributed by atoms with Crippen LogP contribution in [0, 0.1) is 17.7 Å². The molecule has 0 saturated carbocycles. The molecule has 11 atom stereocenters. The Labute approximate surface area is 304 Å². The number of epoxide rings is 1. The Balaban J connectivity index is 1.89. The summed E-state index contributed by atoms with van der Waals surface area (Å²) >= 11 is 3.29. The highest BCUT2D eigenvalue weighted by atomic mass is 79.9. The summed E-state index contributed by atoms with van der Waals surface area (Å²) in [7, 11) is 1.67. The number of rotatable bonds is 13. The SMILES string of the molecule is CC[C@H](OC)[C@@H](C)[C@H]1O[C@@H]1C(NCc1ccc(Br)cc1F)C(C)(O)/C=C/C=C(\C)[C@@H]1OC(=O)C[C@H](O)CC[C@@](C)(O)[C@@H](OC(C)=O)/C=C/[C@@H]1C. The maximum Gasteiger partial charge on any atom is 0.309 e. The van der Waals surface area contributed by atoms with Gasteiger partial charge < -0.3 is 39.6 Å². The smallest absolute Gasteiger partial charge is 0.309 e. The molecule has 1 aromatic carbocycles. The topological polar surface area (TPSA) is 147 Å². The fourth-order valence-corrected chi connectivity index (χ4v) is 6.89. The van der Waals surface area contributed by atoms with Crippen molar-refractivity contribution in [1.29, 1.82) is 0 Å². The summed E-state index contributed by atoms with van der Waals surface area (Å²) < 4.78 is 38.4. The molecule has 0 bridgehead atoms. The van der Waals surface area contributed by atoms with Crippen molar-refractivity contribution in [3.63, 3.8) is 0 Å². The van der Waals surface area contributed by atoms with E-state index in [-0.39, 0.29) is 55.9 Å². The van der Waals surface area contributed by atoms with Gasteiger partial charge in [-0.25, -0.2) is 4.39 Å². The fraction of sp³-hybridized carbons (Fsp3) is 0.632. The van der Waals surface area contributed by atoms with Crippen molar-refractivity contribution in [2.45, 2.75) is 135 Å². The maximum absolute atomic E-state index is 14.7. The number of ether oxygens (including phenoxy) is 4. The summed E-state index contributed by atoms with van der Waals surface area (Å²) in [5.41, 5.74) is -1.85. The molecule has 50 heavy (non-hydrogen) atoms. The molecule has 4 N–H and O–H groups in total. The van der Waals surface area contributed by atoms with Gasteiger partial charge in [-0.1, -0.05) is 67.1 Å². The lowest BCUT2D eigenvalue weighted by Gasteiger charge is -2.32. The molecular formula is C38H55BrFNO9. The Bertz CT molecular complexity index is 1390. The quantitative estimate of drug-likeness (QED) is 0.0884. The van der Waals surface area contributed by atoms with Crippen LogP contribution in [0.25, 0.3) is 0 Å². The first-order chi connectivity index (χ1) is 23.4. The molecule has 0 spiro atoms. The van der Waals surface area contributed by atoms with Crippen molar-refractivity contribution in [3.05, 3.63) is 70.0 Å². The van der Waals surface area contributed by atoms with Crippen LogP contribution in [0.1, 0.15) is 79.7 Å². The van der Waals surface area contributed by atoms with E-state index in [1.54, 1.807) is 63.5 Å². The minimum atomic E-state index is -1.47. The van der Waals surface area contributed by atoms with Gasteiger partial charge in [-0.2, -0.15) is 0 Å². The predicted molar refractivity (Wildman–Crippen MR) is 191 cm³/mol. The van der Waals surface area contributed by atoms with E-state index < -0.39 is 53.4 Å². The minimum Gasteiger partial charge on any atom is -0.457 e. The summed E-state index contributed by atoms with van der Waals surface area (Å²) in [6.45, 7) is 12.3. The van der Waals surface area contributed by atoms with Crippen molar-refractivity contribution < 1.29 is 48.2 Å². The summed E-state index contributed by atoms with van der Waals surface area (Å²) in [6, 6.07) is 4.21. The highest BCUT2D eigenvalue weighted by Gasteiger charge is 2.54. The first-order valence-electron chi connectivity index (χ1n) is 17.3. The van der Waals surface area contributed by atoms with Gasteiger partial charge in [0.2, 0.25) is 0 Å². The zero-order valence-corrected chi connectivity index (χ0v) is 32.0. The zero-order chi connectivity index (χ0) is 37.4. The summed E-state index contributed by atoms with van der Waals surface area (Å²) in [4.78, 5) is 24.7. The number of halogens is 2. The molecule has 12 heteroatoms. The van der Waals surface area contributed by atoms with E-state index in [0.29, 0.717) is 15.6 Å². The van der Waals surface area contributed by atoms with Crippen LogP contribution in [0.15, 0.2) is 58.6 Å². The van der Waals surface area contributed by atoms with Crippen LogP contribution in [0.4, 0.5) is 4.39 Å². The minimum absolute atomic E-state index is 0.0260. The molecule has 2 heterocycles. The molecule has 0 amide bonds. The number of nitrogens with one attached hydrogen (secondary N) is 1. The molecule has 2 aliphatic heterocycles. The monoisotopic (exact) mass is 767 g/mol. The van der Waals surface area contributed by atoms with Crippen LogP contribution in [-0.2, 0) is 35.1 Å². The second kappa shape index (κ2) is 18.3. The third-order valence-corrected chi connectivity index (χ3v) is 10.2. The largest absolute Gasteiger partial charge is 0.457 e.